The summed E-state index contributed by atoms with van der Waals surface area (Å²) < 4.78 is 0.829. The smallest absolute Gasteiger partial charge is 0.159 e. The highest BCUT2D eigenvalue weighted by Crippen LogP contribution is 2.19. The Morgan fingerprint density at radius 2 is 2.09 bits per heavy atom. The molecule has 11 heavy (non-hydrogen) atoms. The molecule has 0 radical (unpaired) electrons. The van der Waals surface area contributed by atoms with Crippen LogP contribution in [0.2, 0.25) is 5.02 Å². The fourth-order valence-electron chi connectivity index (χ4n) is 0.757. The summed E-state index contributed by atoms with van der Waals surface area (Å²) in [7, 11) is 0. The van der Waals surface area contributed by atoms with Crippen molar-refractivity contribution in [3.05, 3.63) is 33.3 Å². The Bertz CT molecular complexity index is 276. The van der Waals surface area contributed by atoms with Gasteiger partial charge in [0.2, 0.25) is 0 Å². The first-order chi connectivity index (χ1) is 5.09. The summed E-state index contributed by atoms with van der Waals surface area (Å²) in [6.45, 7) is 1.51. The van der Waals surface area contributed by atoms with Crippen LogP contribution in [0, 0.1) is 0 Å². The second kappa shape index (κ2) is 3.37. The second-order valence-corrected chi connectivity index (χ2v) is 3.57. The van der Waals surface area contributed by atoms with Crippen molar-refractivity contribution in [2.45, 2.75) is 6.92 Å². The normalized spacial score (nSPS) is 9.73. The van der Waals surface area contributed by atoms with E-state index in [-0.39, 0.29) is 5.78 Å². The van der Waals surface area contributed by atoms with Crippen LogP contribution >= 0.6 is 27.5 Å². The standard InChI is InChI=1S/C8H6BrClO/c1-5(11)6-2-7(9)4-8(10)3-6/h2-4H,1H3. The number of benzene rings is 1. The summed E-state index contributed by atoms with van der Waals surface area (Å²) in [5, 5.41) is 0.574. The molecule has 0 saturated carbocycles. The van der Waals surface area contributed by atoms with Crippen molar-refractivity contribution in [3.8, 4) is 0 Å². The Labute approximate surface area is 78.5 Å². The minimum atomic E-state index is 0.0215. The van der Waals surface area contributed by atoms with E-state index in [4.69, 9.17) is 11.6 Å². The maximum absolute atomic E-state index is 10.9. The first kappa shape index (κ1) is 8.75. The lowest BCUT2D eigenvalue weighted by molar-refractivity contribution is 0.101. The molecule has 1 aromatic carbocycles. The average molecular weight is 233 g/mol. The first-order valence-corrected chi connectivity index (χ1v) is 4.24. The fourth-order valence-corrected chi connectivity index (χ4v) is 1.62. The monoisotopic (exact) mass is 232 g/mol. The number of carbonyl (C=O) groups excluding carboxylic acids is 1. The number of hydrogen-bond donors (Lipinski definition) is 0. The molecule has 0 aliphatic heterocycles. The molecule has 1 aromatic rings. The lowest BCUT2D eigenvalue weighted by Crippen LogP contribution is -1.90. The molecule has 0 atom stereocenters. The first-order valence-electron chi connectivity index (χ1n) is 3.06. The van der Waals surface area contributed by atoms with Crippen molar-refractivity contribution < 1.29 is 4.79 Å². The Kier molecular flexibility index (Phi) is 2.68. The number of Topliss-reactive ketones (excluding diaryl/α,β-unsaturated/α-hetero) is 1. The van der Waals surface area contributed by atoms with E-state index in [9.17, 15) is 4.79 Å². The minimum absolute atomic E-state index is 0.0215. The summed E-state index contributed by atoms with van der Waals surface area (Å²) in [6.07, 6.45) is 0. The molecule has 0 amide bonds. The van der Waals surface area contributed by atoms with Gasteiger partial charge in [-0.1, -0.05) is 27.5 Å². The Morgan fingerprint density at radius 1 is 1.45 bits per heavy atom. The van der Waals surface area contributed by atoms with E-state index >= 15 is 0 Å². The van der Waals surface area contributed by atoms with Crippen LogP contribution in [0.4, 0.5) is 0 Å². The number of hydrogen-bond acceptors (Lipinski definition) is 1. The van der Waals surface area contributed by atoms with Crippen molar-refractivity contribution in [2.75, 3.05) is 0 Å². The van der Waals surface area contributed by atoms with Crippen molar-refractivity contribution in [1.29, 1.82) is 0 Å². The van der Waals surface area contributed by atoms with Crippen molar-refractivity contribution in [1.82, 2.24) is 0 Å². The number of rotatable bonds is 1. The molecule has 1 nitrogen and oxygen atoms in total. The quantitative estimate of drug-likeness (QED) is 0.680. The van der Waals surface area contributed by atoms with E-state index in [0.29, 0.717) is 10.6 Å². The zero-order valence-electron chi connectivity index (χ0n) is 5.90. The number of carbonyl (C=O) groups is 1. The molecule has 0 aliphatic rings. The topological polar surface area (TPSA) is 17.1 Å². The van der Waals surface area contributed by atoms with Gasteiger partial charge in [-0.05, 0) is 25.1 Å². The van der Waals surface area contributed by atoms with Gasteiger partial charge in [-0.3, -0.25) is 4.79 Å². The molecule has 0 heterocycles. The van der Waals surface area contributed by atoms with Gasteiger partial charge in [0.1, 0.15) is 0 Å². The van der Waals surface area contributed by atoms with Crippen LogP contribution in [0.3, 0.4) is 0 Å². The van der Waals surface area contributed by atoms with Crippen LogP contribution in [-0.4, -0.2) is 5.78 Å². The molecule has 1 rings (SSSR count). The molecule has 0 spiro atoms. The van der Waals surface area contributed by atoms with E-state index in [1.54, 1.807) is 18.2 Å². The Balaban J connectivity index is 3.19. The predicted molar refractivity (Wildman–Crippen MR) is 49.2 cm³/mol. The van der Waals surface area contributed by atoms with Crippen LogP contribution in [0.1, 0.15) is 17.3 Å². The predicted octanol–water partition coefficient (Wildman–Crippen LogP) is 3.31. The number of ketones is 1. The third-order valence-electron chi connectivity index (χ3n) is 1.27. The maximum Gasteiger partial charge on any atom is 0.159 e. The van der Waals surface area contributed by atoms with Gasteiger partial charge in [0.05, 0.1) is 0 Å². The van der Waals surface area contributed by atoms with E-state index in [1.165, 1.54) is 6.92 Å². The van der Waals surface area contributed by atoms with Gasteiger partial charge in [0, 0.05) is 15.1 Å². The van der Waals surface area contributed by atoms with E-state index < -0.39 is 0 Å². The van der Waals surface area contributed by atoms with Gasteiger partial charge in [0.25, 0.3) is 0 Å². The van der Waals surface area contributed by atoms with Crippen LogP contribution in [0.5, 0.6) is 0 Å². The maximum atomic E-state index is 10.9. The summed E-state index contributed by atoms with van der Waals surface area (Å²) >= 11 is 8.96. The summed E-state index contributed by atoms with van der Waals surface area (Å²) in [5.41, 5.74) is 0.629. The largest absolute Gasteiger partial charge is 0.295 e. The van der Waals surface area contributed by atoms with Crippen LogP contribution < -0.4 is 0 Å². The van der Waals surface area contributed by atoms with Gasteiger partial charge < -0.3 is 0 Å². The van der Waals surface area contributed by atoms with Crippen LogP contribution in [0.15, 0.2) is 22.7 Å². The van der Waals surface area contributed by atoms with Crippen molar-refractivity contribution in [2.24, 2.45) is 0 Å². The van der Waals surface area contributed by atoms with Crippen molar-refractivity contribution in [3.63, 3.8) is 0 Å². The van der Waals surface area contributed by atoms with Gasteiger partial charge in [-0.25, -0.2) is 0 Å². The molecule has 3 heteroatoms. The molecule has 0 N–H and O–H groups in total. The Morgan fingerprint density at radius 3 is 2.55 bits per heavy atom. The molecule has 58 valence electrons. The molecule has 0 aromatic heterocycles. The number of halogens is 2. The molecule has 0 aliphatic carbocycles. The third-order valence-corrected chi connectivity index (χ3v) is 1.95. The molecule has 0 saturated heterocycles. The molecular formula is C8H6BrClO. The van der Waals surface area contributed by atoms with Gasteiger partial charge >= 0.3 is 0 Å². The van der Waals surface area contributed by atoms with E-state index in [1.807, 2.05) is 0 Å². The fraction of sp³-hybridized carbons (Fsp3) is 0.125. The highest BCUT2D eigenvalue weighted by Gasteiger charge is 2.01. The van der Waals surface area contributed by atoms with Crippen LogP contribution in [-0.2, 0) is 0 Å². The molecule has 0 fully saturated rings. The lowest BCUT2D eigenvalue weighted by atomic mass is 10.2. The third kappa shape index (κ3) is 2.31. The van der Waals surface area contributed by atoms with E-state index in [2.05, 4.69) is 15.9 Å². The zero-order valence-corrected chi connectivity index (χ0v) is 8.24. The summed E-state index contributed by atoms with van der Waals surface area (Å²) in [6, 6.07) is 5.14. The lowest BCUT2D eigenvalue weighted by Gasteiger charge is -1.97. The van der Waals surface area contributed by atoms with E-state index in [0.717, 1.165) is 4.47 Å². The summed E-state index contributed by atoms with van der Waals surface area (Å²) in [4.78, 5) is 10.9. The van der Waals surface area contributed by atoms with Crippen molar-refractivity contribution >= 4 is 33.3 Å². The summed E-state index contributed by atoms with van der Waals surface area (Å²) in [5.74, 6) is 0.0215. The zero-order chi connectivity index (χ0) is 8.43. The second-order valence-electron chi connectivity index (χ2n) is 2.21. The Hall–Kier alpha value is -0.340. The minimum Gasteiger partial charge on any atom is -0.295 e. The molecular weight excluding hydrogens is 227 g/mol. The highest BCUT2D eigenvalue weighted by atomic mass is 79.9. The average Bonchev–Trinajstić information content (AvgIpc) is 1.85. The van der Waals surface area contributed by atoms with Crippen LogP contribution in [0.25, 0.3) is 0 Å². The van der Waals surface area contributed by atoms with Gasteiger partial charge in [0.15, 0.2) is 5.78 Å². The van der Waals surface area contributed by atoms with Gasteiger partial charge in [-0.2, -0.15) is 0 Å². The molecule has 0 unspecified atom stereocenters. The SMILES string of the molecule is CC(=O)c1cc(Cl)cc(Br)c1. The molecule has 0 bridgehead atoms. The highest BCUT2D eigenvalue weighted by molar-refractivity contribution is 9.10. The van der Waals surface area contributed by atoms with Gasteiger partial charge in [-0.15, -0.1) is 0 Å².